The number of anilines is 2. The fourth-order valence-electron chi connectivity index (χ4n) is 1.53. The minimum atomic E-state index is 0.634. The van der Waals surface area contributed by atoms with Gasteiger partial charge in [0.15, 0.2) is 0 Å². The summed E-state index contributed by atoms with van der Waals surface area (Å²) in [5, 5.41) is 6.41. The Morgan fingerprint density at radius 1 is 1.22 bits per heavy atom. The van der Waals surface area contributed by atoms with E-state index in [4.69, 9.17) is 0 Å². The molecule has 0 fully saturated rings. The first kappa shape index (κ1) is 12.3. The summed E-state index contributed by atoms with van der Waals surface area (Å²) in [7, 11) is 1.97. The van der Waals surface area contributed by atoms with Crippen LogP contribution in [0.25, 0.3) is 0 Å². The smallest absolute Gasteiger partial charge is 0.147 e. The molecule has 0 bridgehead atoms. The maximum absolute atomic E-state index is 4.42. The lowest BCUT2D eigenvalue weighted by Gasteiger charge is -2.08. The van der Waals surface area contributed by atoms with Crippen LogP contribution < -0.4 is 10.6 Å². The lowest BCUT2D eigenvalue weighted by Crippen LogP contribution is -2.08. The number of hydrogen-bond acceptors (Lipinski definition) is 5. The predicted molar refractivity (Wildman–Crippen MR) is 71.3 cm³/mol. The summed E-state index contributed by atoms with van der Waals surface area (Å²) in [5.41, 5.74) is 0. The van der Waals surface area contributed by atoms with Crippen molar-refractivity contribution in [3.63, 3.8) is 0 Å². The fraction of sp³-hybridized carbons (Fsp3) is 0.417. The molecule has 6 heteroatoms. The molecule has 0 saturated carbocycles. The highest BCUT2D eigenvalue weighted by molar-refractivity contribution is 5.41. The van der Waals surface area contributed by atoms with Crippen molar-refractivity contribution >= 4 is 11.6 Å². The zero-order valence-corrected chi connectivity index (χ0v) is 10.7. The Kier molecular flexibility index (Phi) is 4.11. The molecule has 2 heterocycles. The van der Waals surface area contributed by atoms with E-state index in [0.717, 1.165) is 30.4 Å². The molecule has 6 nitrogen and oxygen atoms in total. The second-order valence-corrected chi connectivity index (χ2v) is 4.02. The Balaban J connectivity index is 1.95. The van der Waals surface area contributed by atoms with Gasteiger partial charge in [-0.25, -0.2) is 9.97 Å². The molecule has 0 atom stereocenters. The zero-order chi connectivity index (χ0) is 12.8. The van der Waals surface area contributed by atoms with E-state index in [1.165, 1.54) is 0 Å². The van der Waals surface area contributed by atoms with Crippen molar-refractivity contribution < 1.29 is 0 Å². The highest BCUT2D eigenvalue weighted by Gasteiger charge is 2.01. The first-order chi connectivity index (χ1) is 8.79. The molecule has 0 aliphatic rings. The average Bonchev–Trinajstić information content (AvgIpc) is 2.80. The molecule has 0 radical (unpaired) electrons. The summed E-state index contributed by atoms with van der Waals surface area (Å²) in [4.78, 5) is 12.8. The maximum Gasteiger partial charge on any atom is 0.147 e. The quantitative estimate of drug-likeness (QED) is 0.811. The van der Waals surface area contributed by atoms with Gasteiger partial charge in [0, 0.05) is 26.0 Å². The number of aromatic nitrogens is 4. The predicted octanol–water partition coefficient (Wildman–Crippen LogP) is 1.64. The molecule has 2 aromatic heterocycles. The zero-order valence-electron chi connectivity index (χ0n) is 10.7. The average molecular weight is 246 g/mol. The SMILES string of the molecule is CCCNc1cncc(NCc2nccn2C)n1. The normalized spacial score (nSPS) is 10.3. The summed E-state index contributed by atoms with van der Waals surface area (Å²) in [6, 6.07) is 0. The molecule has 0 aliphatic carbocycles. The summed E-state index contributed by atoms with van der Waals surface area (Å²) in [5.74, 6) is 2.50. The maximum atomic E-state index is 4.42. The molecule has 0 saturated heterocycles. The molecule has 2 rings (SSSR count). The van der Waals surface area contributed by atoms with Gasteiger partial charge >= 0.3 is 0 Å². The Bertz CT molecular complexity index is 493. The van der Waals surface area contributed by atoms with E-state index in [-0.39, 0.29) is 0 Å². The van der Waals surface area contributed by atoms with Crippen LogP contribution in [-0.2, 0) is 13.6 Å². The van der Waals surface area contributed by atoms with Gasteiger partial charge in [0.1, 0.15) is 17.5 Å². The van der Waals surface area contributed by atoms with Crippen molar-refractivity contribution in [3.8, 4) is 0 Å². The number of hydrogen-bond donors (Lipinski definition) is 2. The van der Waals surface area contributed by atoms with E-state index in [9.17, 15) is 0 Å². The van der Waals surface area contributed by atoms with E-state index < -0.39 is 0 Å². The molecule has 2 aromatic rings. The summed E-state index contributed by atoms with van der Waals surface area (Å²) in [6.07, 6.45) is 8.19. The Hall–Kier alpha value is -2.11. The third-order valence-corrected chi connectivity index (χ3v) is 2.54. The van der Waals surface area contributed by atoms with Crippen LogP contribution in [0.4, 0.5) is 11.6 Å². The summed E-state index contributed by atoms with van der Waals surface area (Å²) >= 11 is 0. The molecule has 96 valence electrons. The van der Waals surface area contributed by atoms with E-state index in [2.05, 4.69) is 32.5 Å². The van der Waals surface area contributed by atoms with Crippen molar-refractivity contribution in [1.82, 2.24) is 19.5 Å². The van der Waals surface area contributed by atoms with Crippen LogP contribution in [0, 0.1) is 0 Å². The second-order valence-electron chi connectivity index (χ2n) is 4.02. The highest BCUT2D eigenvalue weighted by Crippen LogP contribution is 2.07. The third-order valence-electron chi connectivity index (χ3n) is 2.54. The molecule has 2 N–H and O–H groups in total. The molecular weight excluding hydrogens is 228 g/mol. The minimum absolute atomic E-state index is 0.634. The molecule has 0 unspecified atom stereocenters. The van der Waals surface area contributed by atoms with Gasteiger partial charge in [0.05, 0.1) is 18.9 Å². The lowest BCUT2D eigenvalue weighted by atomic mass is 10.5. The third kappa shape index (κ3) is 3.19. The van der Waals surface area contributed by atoms with Crippen molar-refractivity contribution in [3.05, 3.63) is 30.6 Å². The van der Waals surface area contributed by atoms with Gasteiger partial charge in [0.25, 0.3) is 0 Å². The minimum Gasteiger partial charge on any atom is -0.369 e. The van der Waals surface area contributed by atoms with Gasteiger partial charge in [-0.3, -0.25) is 4.98 Å². The first-order valence-electron chi connectivity index (χ1n) is 6.05. The standard InChI is InChI=1S/C12H18N6/c1-3-4-14-10-7-13-8-11(17-10)16-9-12-15-5-6-18(12)2/h5-8H,3-4,9H2,1-2H3,(H2,14,16,17). The first-order valence-corrected chi connectivity index (χ1v) is 6.05. The number of aryl methyl sites for hydroxylation is 1. The topological polar surface area (TPSA) is 67.7 Å². The summed E-state index contributed by atoms with van der Waals surface area (Å²) < 4.78 is 1.97. The molecule has 0 aromatic carbocycles. The molecule has 0 aliphatic heterocycles. The van der Waals surface area contributed by atoms with Crippen LogP contribution in [0.5, 0.6) is 0 Å². The number of nitrogens with one attached hydrogen (secondary N) is 2. The van der Waals surface area contributed by atoms with Gasteiger partial charge in [-0.2, -0.15) is 0 Å². The number of rotatable bonds is 6. The molecular formula is C12H18N6. The Morgan fingerprint density at radius 2 is 2.00 bits per heavy atom. The molecule has 18 heavy (non-hydrogen) atoms. The Labute approximate surface area is 106 Å². The van der Waals surface area contributed by atoms with E-state index in [1.807, 2.05) is 17.8 Å². The molecule has 0 spiro atoms. The summed E-state index contributed by atoms with van der Waals surface area (Å²) in [6.45, 7) is 3.65. The van der Waals surface area contributed by atoms with Crippen LogP contribution in [0.3, 0.4) is 0 Å². The van der Waals surface area contributed by atoms with Crippen LogP contribution >= 0.6 is 0 Å². The van der Waals surface area contributed by atoms with E-state index >= 15 is 0 Å². The van der Waals surface area contributed by atoms with Crippen molar-refractivity contribution in [2.75, 3.05) is 17.2 Å². The van der Waals surface area contributed by atoms with Gasteiger partial charge in [-0.05, 0) is 6.42 Å². The van der Waals surface area contributed by atoms with Crippen molar-refractivity contribution in [1.29, 1.82) is 0 Å². The van der Waals surface area contributed by atoms with Crippen LogP contribution in [-0.4, -0.2) is 26.1 Å². The monoisotopic (exact) mass is 246 g/mol. The van der Waals surface area contributed by atoms with Gasteiger partial charge < -0.3 is 15.2 Å². The van der Waals surface area contributed by atoms with E-state index in [1.54, 1.807) is 18.6 Å². The fourth-order valence-corrected chi connectivity index (χ4v) is 1.53. The largest absolute Gasteiger partial charge is 0.369 e. The molecule has 0 amide bonds. The van der Waals surface area contributed by atoms with Crippen LogP contribution in [0.15, 0.2) is 24.8 Å². The van der Waals surface area contributed by atoms with Gasteiger partial charge in [-0.15, -0.1) is 0 Å². The second kappa shape index (κ2) is 6.00. The van der Waals surface area contributed by atoms with Crippen molar-refractivity contribution in [2.24, 2.45) is 7.05 Å². The van der Waals surface area contributed by atoms with E-state index in [0.29, 0.717) is 6.54 Å². The lowest BCUT2D eigenvalue weighted by molar-refractivity contribution is 0.810. The van der Waals surface area contributed by atoms with Crippen LogP contribution in [0.1, 0.15) is 19.2 Å². The van der Waals surface area contributed by atoms with Crippen molar-refractivity contribution in [2.45, 2.75) is 19.9 Å². The van der Waals surface area contributed by atoms with Gasteiger partial charge in [0.2, 0.25) is 0 Å². The Morgan fingerprint density at radius 3 is 2.67 bits per heavy atom. The van der Waals surface area contributed by atoms with Crippen LogP contribution in [0.2, 0.25) is 0 Å². The van der Waals surface area contributed by atoms with Gasteiger partial charge in [-0.1, -0.05) is 6.92 Å². The number of nitrogens with zero attached hydrogens (tertiary/aromatic N) is 4. The number of imidazole rings is 1. The highest BCUT2D eigenvalue weighted by atomic mass is 15.1.